The van der Waals surface area contributed by atoms with Crippen molar-refractivity contribution in [1.29, 1.82) is 0 Å². The molecule has 0 saturated heterocycles. The van der Waals surface area contributed by atoms with Crippen LogP contribution in [0.25, 0.3) is 0 Å². The van der Waals surface area contributed by atoms with Crippen LogP contribution in [0.15, 0.2) is 25.3 Å². The zero-order chi connectivity index (χ0) is 7.11. The van der Waals surface area contributed by atoms with Crippen molar-refractivity contribution in [1.82, 2.24) is 0 Å². The minimum absolute atomic E-state index is 0.278. The van der Waals surface area contributed by atoms with Crippen molar-refractivity contribution in [3.63, 3.8) is 0 Å². The van der Waals surface area contributed by atoms with Crippen LogP contribution < -0.4 is 0 Å². The van der Waals surface area contributed by atoms with Crippen LogP contribution in [0.5, 0.6) is 0 Å². The highest BCUT2D eigenvalue weighted by atomic mass is 16.5. The molecule has 0 aliphatic carbocycles. The largest absolute Gasteiger partial charge is 0.381 e. The van der Waals surface area contributed by atoms with Gasteiger partial charge in [0.15, 0.2) is 0 Å². The van der Waals surface area contributed by atoms with Crippen LogP contribution in [-0.2, 0) is 4.74 Å². The van der Waals surface area contributed by atoms with Gasteiger partial charge in [-0.15, -0.1) is 13.2 Å². The van der Waals surface area contributed by atoms with E-state index in [0.717, 1.165) is 12.8 Å². The van der Waals surface area contributed by atoms with Gasteiger partial charge in [0, 0.05) is 7.11 Å². The molecule has 0 aromatic rings. The molecular weight excluding hydrogens is 112 g/mol. The molecule has 0 heterocycles. The topological polar surface area (TPSA) is 9.23 Å². The molecule has 0 spiro atoms. The van der Waals surface area contributed by atoms with E-state index in [0.29, 0.717) is 0 Å². The van der Waals surface area contributed by atoms with Crippen LogP contribution in [0, 0.1) is 0 Å². The number of hydrogen-bond acceptors (Lipinski definition) is 1. The number of hydrogen-bond donors (Lipinski definition) is 0. The summed E-state index contributed by atoms with van der Waals surface area (Å²) in [6.07, 6.45) is 5.81. The predicted molar refractivity (Wildman–Crippen MR) is 40.4 cm³/mol. The molecule has 0 unspecified atom stereocenters. The van der Waals surface area contributed by atoms with Gasteiger partial charge in [-0.05, 0) is 12.8 Å². The highest BCUT2D eigenvalue weighted by molar-refractivity contribution is 4.79. The van der Waals surface area contributed by atoms with Gasteiger partial charge in [-0.1, -0.05) is 12.2 Å². The molecule has 0 saturated carbocycles. The van der Waals surface area contributed by atoms with Gasteiger partial charge in [0.25, 0.3) is 0 Å². The Kier molecular flexibility index (Phi) is 5.23. The van der Waals surface area contributed by atoms with Gasteiger partial charge < -0.3 is 4.74 Å². The van der Waals surface area contributed by atoms with E-state index in [4.69, 9.17) is 4.74 Å². The van der Waals surface area contributed by atoms with E-state index >= 15 is 0 Å². The summed E-state index contributed by atoms with van der Waals surface area (Å²) in [7, 11) is 1.71. The zero-order valence-electron chi connectivity index (χ0n) is 5.97. The second-order valence-electron chi connectivity index (χ2n) is 1.91. The Morgan fingerprint density at radius 3 is 2.00 bits per heavy atom. The summed E-state index contributed by atoms with van der Waals surface area (Å²) in [4.78, 5) is 0. The minimum Gasteiger partial charge on any atom is -0.381 e. The monoisotopic (exact) mass is 126 g/mol. The van der Waals surface area contributed by atoms with Crippen molar-refractivity contribution in [3.8, 4) is 0 Å². The Hall–Kier alpha value is -0.560. The molecule has 0 aromatic carbocycles. The molecule has 0 aliphatic rings. The van der Waals surface area contributed by atoms with Crippen LogP contribution in [0.3, 0.4) is 0 Å². The Balaban J connectivity index is 3.39. The lowest BCUT2D eigenvalue weighted by atomic mass is 10.2. The molecule has 0 aromatic heterocycles. The summed E-state index contributed by atoms with van der Waals surface area (Å²) >= 11 is 0. The maximum atomic E-state index is 5.09. The second kappa shape index (κ2) is 5.57. The van der Waals surface area contributed by atoms with Crippen LogP contribution in [0.4, 0.5) is 0 Å². The molecule has 0 radical (unpaired) electrons. The average Bonchev–Trinajstić information content (AvgIpc) is 1.88. The smallest absolute Gasteiger partial charge is 0.0639 e. The summed E-state index contributed by atoms with van der Waals surface area (Å²) in [5.41, 5.74) is 0. The van der Waals surface area contributed by atoms with Gasteiger partial charge in [0.2, 0.25) is 0 Å². The maximum absolute atomic E-state index is 5.09. The minimum atomic E-state index is 0.278. The molecular formula is C8H14O. The van der Waals surface area contributed by atoms with E-state index < -0.39 is 0 Å². The van der Waals surface area contributed by atoms with Crippen LogP contribution >= 0.6 is 0 Å². The lowest BCUT2D eigenvalue weighted by molar-refractivity contribution is 0.108. The molecule has 1 heteroatoms. The maximum Gasteiger partial charge on any atom is 0.0639 e. The lowest BCUT2D eigenvalue weighted by Gasteiger charge is -2.08. The number of methoxy groups -OCH3 is 1. The fourth-order valence-corrected chi connectivity index (χ4v) is 0.660. The van der Waals surface area contributed by atoms with Crippen molar-refractivity contribution in [3.05, 3.63) is 25.3 Å². The number of ether oxygens (including phenoxy) is 1. The third kappa shape index (κ3) is 3.98. The van der Waals surface area contributed by atoms with E-state index in [1.54, 1.807) is 7.11 Å². The zero-order valence-corrected chi connectivity index (χ0v) is 5.97. The first-order chi connectivity index (χ1) is 4.35. The molecule has 52 valence electrons. The van der Waals surface area contributed by atoms with Crippen molar-refractivity contribution in [2.45, 2.75) is 18.9 Å². The van der Waals surface area contributed by atoms with Crippen molar-refractivity contribution < 1.29 is 4.74 Å². The highest BCUT2D eigenvalue weighted by Crippen LogP contribution is 2.02. The molecule has 0 rings (SSSR count). The first kappa shape index (κ1) is 8.44. The summed E-state index contributed by atoms with van der Waals surface area (Å²) < 4.78 is 5.09. The van der Waals surface area contributed by atoms with Crippen molar-refractivity contribution in [2.24, 2.45) is 0 Å². The van der Waals surface area contributed by atoms with E-state index in [2.05, 4.69) is 13.2 Å². The fraction of sp³-hybridized carbons (Fsp3) is 0.500. The standard InChI is InChI=1S/C8H14O/c1-4-6-8(9-3)7-5-2/h4-5,8H,1-2,6-7H2,3H3. The third-order valence-corrected chi connectivity index (χ3v) is 1.19. The summed E-state index contributed by atoms with van der Waals surface area (Å²) in [6.45, 7) is 7.23. The van der Waals surface area contributed by atoms with E-state index in [-0.39, 0.29) is 6.10 Å². The van der Waals surface area contributed by atoms with E-state index in [1.165, 1.54) is 0 Å². The van der Waals surface area contributed by atoms with Gasteiger partial charge in [-0.25, -0.2) is 0 Å². The van der Waals surface area contributed by atoms with E-state index in [1.807, 2.05) is 12.2 Å². The highest BCUT2D eigenvalue weighted by Gasteiger charge is 1.99. The summed E-state index contributed by atoms with van der Waals surface area (Å²) in [6, 6.07) is 0. The molecule has 0 amide bonds. The molecule has 0 N–H and O–H groups in total. The van der Waals surface area contributed by atoms with Gasteiger partial charge in [0.05, 0.1) is 6.10 Å². The fourth-order valence-electron chi connectivity index (χ4n) is 0.660. The van der Waals surface area contributed by atoms with E-state index in [9.17, 15) is 0 Å². The van der Waals surface area contributed by atoms with Crippen molar-refractivity contribution >= 4 is 0 Å². The van der Waals surface area contributed by atoms with Crippen LogP contribution in [0.2, 0.25) is 0 Å². The molecule has 9 heavy (non-hydrogen) atoms. The van der Waals surface area contributed by atoms with Crippen LogP contribution in [0.1, 0.15) is 12.8 Å². The molecule has 0 bridgehead atoms. The summed E-state index contributed by atoms with van der Waals surface area (Å²) in [5, 5.41) is 0. The van der Waals surface area contributed by atoms with Crippen molar-refractivity contribution in [2.75, 3.05) is 7.11 Å². The Morgan fingerprint density at radius 1 is 1.33 bits per heavy atom. The normalized spacial score (nSPS) is 9.56. The molecule has 0 fully saturated rings. The third-order valence-electron chi connectivity index (χ3n) is 1.19. The molecule has 0 aliphatic heterocycles. The second-order valence-corrected chi connectivity index (χ2v) is 1.91. The Bertz CT molecular complexity index is 76.6. The molecule has 0 atom stereocenters. The Morgan fingerprint density at radius 2 is 1.78 bits per heavy atom. The Labute approximate surface area is 57.0 Å². The average molecular weight is 126 g/mol. The predicted octanol–water partition coefficient (Wildman–Crippen LogP) is 2.15. The van der Waals surface area contributed by atoms with Gasteiger partial charge in [-0.3, -0.25) is 0 Å². The SMILES string of the molecule is C=CCC(CC=C)OC. The van der Waals surface area contributed by atoms with Gasteiger partial charge in [0.1, 0.15) is 0 Å². The first-order valence-electron chi connectivity index (χ1n) is 3.09. The first-order valence-corrected chi connectivity index (χ1v) is 3.09. The van der Waals surface area contributed by atoms with Gasteiger partial charge >= 0.3 is 0 Å². The van der Waals surface area contributed by atoms with Crippen LogP contribution in [-0.4, -0.2) is 13.2 Å². The molecule has 1 nitrogen and oxygen atoms in total. The lowest BCUT2D eigenvalue weighted by Crippen LogP contribution is -2.06. The summed E-state index contributed by atoms with van der Waals surface area (Å²) in [5.74, 6) is 0. The number of rotatable bonds is 5. The van der Waals surface area contributed by atoms with Gasteiger partial charge in [-0.2, -0.15) is 0 Å². The quantitative estimate of drug-likeness (QED) is 0.513.